The summed E-state index contributed by atoms with van der Waals surface area (Å²) in [6, 6.07) is 4.78. The Hall–Kier alpha value is -1.26. The van der Waals surface area contributed by atoms with Crippen molar-refractivity contribution in [3.63, 3.8) is 0 Å². The van der Waals surface area contributed by atoms with Gasteiger partial charge in [0.15, 0.2) is 5.75 Å². The molecule has 26 heavy (non-hydrogen) atoms. The lowest BCUT2D eigenvalue weighted by Crippen LogP contribution is -2.09. The molecule has 0 aliphatic carbocycles. The molecule has 0 heterocycles. The van der Waals surface area contributed by atoms with Crippen LogP contribution >= 0.6 is 23.2 Å². The number of rotatable bonds is 12. The molecule has 0 spiro atoms. The molecule has 1 rings (SSSR count). The van der Waals surface area contributed by atoms with E-state index in [2.05, 4.69) is 0 Å². The van der Waals surface area contributed by atoms with Gasteiger partial charge in [-0.15, -0.1) is 0 Å². The molecule has 0 aromatic heterocycles. The molecule has 0 unspecified atom stereocenters. The molecule has 6 heteroatoms. The fourth-order valence-electron chi connectivity index (χ4n) is 2.31. The van der Waals surface area contributed by atoms with Crippen LogP contribution in [0.15, 0.2) is 18.2 Å². The second-order valence-corrected chi connectivity index (χ2v) is 7.59. The van der Waals surface area contributed by atoms with E-state index < -0.39 is 0 Å². The van der Waals surface area contributed by atoms with Crippen molar-refractivity contribution in [3.8, 4) is 5.75 Å². The summed E-state index contributed by atoms with van der Waals surface area (Å²) in [5.74, 6) is 0.261. The first-order chi connectivity index (χ1) is 12.4. The average Bonchev–Trinajstić information content (AvgIpc) is 2.58. The van der Waals surface area contributed by atoms with Gasteiger partial charge in [-0.1, -0.05) is 62.7 Å². The van der Waals surface area contributed by atoms with Crippen molar-refractivity contribution in [2.45, 2.75) is 65.2 Å². The van der Waals surface area contributed by atoms with E-state index in [0.717, 1.165) is 38.5 Å². The summed E-state index contributed by atoms with van der Waals surface area (Å²) >= 11 is 11.8. The highest BCUT2D eigenvalue weighted by Crippen LogP contribution is 2.28. The molecular weight excluding hydrogens is 375 g/mol. The Morgan fingerprint density at radius 2 is 1.50 bits per heavy atom. The highest BCUT2D eigenvalue weighted by molar-refractivity contribution is 6.34. The number of carbonyl (C=O) groups is 2. The third-order valence-electron chi connectivity index (χ3n) is 3.71. The number of halogens is 2. The lowest BCUT2D eigenvalue weighted by atomic mass is 10.1. The van der Waals surface area contributed by atoms with Crippen molar-refractivity contribution < 1.29 is 19.1 Å². The lowest BCUT2D eigenvalue weighted by molar-refractivity contribution is -0.144. The van der Waals surface area contributed by atoms with E-state index in [0.29, 0.717) is 41.2 Å². The first-order valence-electron chi connectivity index (χ1n) is 9.20. The van der Waals surface area contributed by atoms with Crippen LogP contribution in [0.4, 0.5) is 0 Å². The number of hydrogen-bond acceptors (Lipinski definition) is 4. The summed E-state index contributed by atoms with van der Waals surface area (Å²) < 4.78 is 10.4. The van der Waals surface area contributed by atoms with Crippen LogP contribution in [0.2, 0.25) is 10.0 Å². The van der Waals surface area contributed by atoms with Crippen molar-refractivity contribution in [2.24, 2.45) is 5.92 Å². The molecule has 1 aromatic carbocycles. The number of benzene rings is 1. The quantitative estimate of drug-likeness (QED) is 0.236. The number of unbranched alkanes of at least 4 members (excludes halogenated alkanes) is 5. The first-order valence-corrected chi connectivity index (χ1v) is 9.95. The molecule has 146 valence electrons. The minimum atomic E-state index is -0.304. The monoisotopic (exact) mass is 402 g/mol. The van der Waals surface area contributed by atoms with Gasteiger partial charge >= 0.3 is 11.9 Å². The minimum Gasteiger partial charge on any atom is -0.465 e. The molecule has 4 nitrogen and oxygen atoms in total. The van der Waals surface area contributed by atoms with E-state index in [1.807, 2.05) is 13.8 Å². The minimum absolute atomic E-state index is 0.110. The normalized spacial score (nSPS) is 10.8. The molecule has 0 N–H and O–H groups in total. The van der Waals surface area contributed by atoms with Gasteiger partial charge in [0.2, 0.25) is 0 Å². The lowest BCUT2D eigenvalue weighted by Gasteiger charge is -2.07. The average molecular weight is 403 g/mol. The van der Waals surface area contributed by atoms with Crippen LogP contribution in [0.3, 0.4) is 0 Å². The predicted octanol–water partition coefficient (Wildman–Crippen LogP) is 6.22. The van der Waals surface area contributed by atoms with Crippen molar-refractivity contribution >= 4 is 35.1 Å². The fourth-order valence-corrected chi connectivity index (χ4v) is 2.62. The third kappa shape index (κ3) is 10.7. The second kappa shape index (κ2) is 13.0. The van der Waals surface area contributed by atoms with Gasteiger partial charge in [-0.2, -0.15) is 0 Å². The predicted molar refractivity (Wildman–Crippen MR) is 105 cm³/mol. The molecule has 1 aromatic rings. The standard InChI is InChI=1S/C20H28Cl2O4/c1-15(2)14-25-19(23)9-7-5-3-4-6-8-10-20(24)26-18-13-16(21)11-12-17(18)22/h11-13,15H,3-10,14H2,1-2H3. The number of hydrogen-bond donors (Lipinski definition) is 0. The van der Waals surface area contributed by atoms with Crippen LogP contribution in [0.5, 0.6) is 5.75 Å². The summed E-state index contributed by atoms with van der Waals surface area (Å²) in [4.78, 5) is 23.3. The second-order valence-electron chi connectivity index (χ2n) is 6.75. The van der Waals surface area contributed by atoms with E-state index in [4.69, 9.17) is 32.7 Å². The summed E-state index contributed by atoms with van der Waals surface area (Å²) in [6.07, 6.45) is 6.50. The molecule has 0 radical (unpaired) electrons. The van der Waals surface area contributed by atoms with Crippen LogP contribution in [-0.4, -0.2) is 18.5 Å². The SMILES string of the molecule is CC(C)COC(=O)CCCCCCCCC(=O)Oc1cc(Cl)ccc1Cl. The van der Waals surface area contributed by atoms with Crippen molar-refractivity contribution in [1.82, 2.24) is 0 Å². The van der Waals surface area contributed by atoms with Gasteiger partial charge < -0.3 is 9.47 Å². The largest absolute Gasteiger partial charge is 0.465 e. The Morgan fingerprint density at radius 3 is 2.12 bits per heavy atom. The molecule has 0 saturated heterocycles. The number of carbonyl (C=O) groups excluding carboxylic acids is 2. The van der Waals surface area contributed by atoms with E-state index in [1.165, 1.54) is 6.07 Å². The Balaban J connectivity index is 2.02. The maximum Gasteiger partial charge on any atom is 0.311 e. The van der Waals surface area contributed by atoms with Gasteiger partial charge in [0.1, 0.15) is 0 Å². The van der Waals surface area contributed by atoms with Crippen LogP contribution < -0.4 is 4.74 Å². The summed E-state index contributed by atoms with van der Waals surface area (Å²) in [5.41, 5.74) is 0. The molecule has 0 aliphatic heterocycles. The maximum atomic E-state index is 11.8. The maximum absolute atomic E-state index is 11.8. The van der Waals surface area contributed by atoms with E-state index in [-0.39, 0.29) is 11.9 Å². The zero-order chi connectivity index (χ0) is 19.4. The molecule has 0 aliphatic rings. The molecule has 0 bridgehead atoms. The summed E-state index contributed by atoms with van der Waals surface area (Å²) in [7, 11) is 0. The van der Waals surface area contributed by atoms with Crippen LogP contribution in [0.25, 0.3) is 0 Å². The molecule has 0 saturated carbocycles. The van der Waals surface area contributed by atoms with Gasteiger partial charge in [-0.05, 0) is 30.9 Å². The van der Waals surface area contributed by atoms with Crippen molar-refractivity contribution in [3.05, 3.63) is 28.2 Å². The number of esters is 2. The van der Waals surface area contributed by atoms with E-state index in [1.54, 1.807) is 12.1 Å². The molecule has 0 fully saturated rings. The molecule has 0 atom stereocenters. The van der Waals surface area contributed by atoms with E-state index >= 15 is 0 Å². The Labute approximate surface area is 166 Å². The molecular formula is C20H28Cl2O4. The fraction of sp³-hybridized carbons (Fsp3) is 0.600. The van der Waals surface area contributed by atoms with Crippen LogP contribution in [0, 0.1) is 5.92 Å². The Bertz CT molecular complexity index is 573. The zero-order valence-corrected chi connectivity index (χ0v) is 17.1. The third-order valence-corrected chi connectivity index (χ3v) is 4.25. The highest BCUT2D eigenvalue weighted by Gasteiger charge is 2.09. The summed E-state index contributed by atoms with van der Waals surface area (Å²) in [5, 5.41) is 0.847. The Kier molecular flexibility index (Phi) is 11.4. The smallest absolute Gasteiger partial charge is 0.311 e. The summed E-state index contributed by atoms with van der Waals surface area (Å²) in [6.45, 7) is 4.54. The number of ether oxygens (including phenoxy) is 2. The first kappa shape index (κ1) is 22.8. The van der Waals surface area contributed by atoms with E-state index in [9.17, 15) is 9.59 Å². The Morgan fingerprint density at radius 1 is 0.923 bits per heavy atom. The van der Waals surface area contributed by atoms with Gasteiger partial charge in [-0.3, -0.25) is 9.59 Å². The molecule has 0 amide bonds. The highest BCUT2D eigenvalue weighted by atomic mass is 35.5. The topological polar surface area (TPSA) is 52.6 Å². The van der Waals surface area contributed by atoms with Crippen LogP contribution in [-0.2, 0) is 14.3 Å². The van der Waals surface area contributed by atoms with Gasteiger partial charge in [0.25, 0.3) is 0 Å². The van der Waals surface area contributed by atoms with Gasteiger partial charge in [0.05, 0.1) is 11.6 Å². The van der Waals surface area contributed by atoms with Crippen molar-refractivity contribution in [2.75, 3.05) is 6.61 Å². The van der Waals surface area contributed by atoms with Crippen LogP contribution in [0.1, 0.15) is 65.2 Å². The zero-order valence-electron chi connectivity index (χ0n) is 15.6. The van der Waals surface area contributed by atoms with Crippen molar-refractivity contribution in [1.29, 1.82) is 0 Å². The van der Waals surface area contributed by atoms with Gasteiger partial charge in [0, 0.05) is 23.9 Å². The van der Waals surface area contributed by atoms with Gasteiger partial charge in [-0.25, -0.2) is 0 Å².